The number of hydrazine groups is 1. The zero-order valence-corrected chi connectivity index (χ0v) is 15.3. The smallest absolute Gasteiger partial charge is 0.340 e. The molecule has 1 aliphatic rings. The van der Waals surface area contributed by atoms with Crippen LogP contribution in [0.2, 0.25) is 5.02 Å². The minimum atomic E-state index is -1.30. The molecular weight excluding hydrogens is 414 g/mol. The lowest BCUT2D eigenvalue weighted by atomic mass is 10.2. The van der Waals surface area contributed by atoms with Crippen LogP contribution in [0.5, 0.6) is 11.5 Å². The number of para-hydroxylation sites is 2. The van der Waals surface area contributed by atoms with Crippen LogP contribution >= 0.6 is 11.6 Å². The van der Waals surface area contributed by atoms with E-state index in [1.165, 1.54) is 0 Å². The van der Waals surface area contributed by atoms with Crippen LogP contribution in [0.25, 0.3) is 0 Å². The number of hydrogen-bond acceptors (Lipinski definition) is 6. The zero-order valence-electron chi connectivity index (χ0n) is 14.5. The van der Waals surface area contributed by atoms with Crippen molar-refractivity contribution in [2.45, 2.75) is 6.10 Å². The first-order valence-corrected chi connectivity index (χ1v) is 8.52. The molecule has 0 saturated heterocycles. The third kappa shape index (κ3) is 4.91. The predicted octanol–water partition coefficient (Wildman–Crippen LogP) is 1.76. The summed E-state index contributed by atoms with van der Waals surface area (Å²) in [6.07, 6.45) is -1.01. The number of rotatable bonds is 4. The summed E-state index contributed by atoms with van der Waals surface area (Å²) in [5.74, 6) is -4.38. The predicted molar refractivity (Wildman–Crippen MR) is 94.3 cm³/mol. The number of carbonyl (C=O) groups excluding carboxylic acids is 3. The quantitative estimate of drug-likeness (QED) is 0.439. The van der Waals surface area contributed by atoms with Crippen molar-refractivity contribution in [1.82, 2.24) is 10.9 Å². The summed E-state index contributed by atoms with van der Waals surface area (Å²) in [6, 6.07) is 7.92. The Kier molecular flexibility index (Phi) is 6.13. The van der Waals surface area contributed by atoms with Crippen LogP contribution in [0, 0.1) is 11.6 Å². The molecule has 2 N–H and O–H groups in total. The van der Waals surface area contributed by atoms with E-state index < -0.39 is 47.7 Å². The van der Waals surface area contributed by atoms with E-state index in [0.717, 1.165) is 0 Å². The van der Waals surface area contributed by atoms with E-state index in [-0.39, 0.29) is 11.6 Å². The van der Waals surface area contributed by atoms with Crippen LogP contribution in [0.4, 0.5) is 8.78 Å². The van der Waals surface area contributed by atoms with Crippen molar-refractivity contribution in [2.75, 3.05) is 13.2 Å². The number of halogens is 3. The summed E-state index contributed by atoms with van der Waals surface area (Å²) in [5.41, 5.74) is 3.68. The van der Waals surface area contributed by atoms with Gasteiger partial charge in [0.1, 0.15) is 6.61 Å². The monoisotopic (exact) mass is 426 g/mol. The molecule has 1 aliphatic heterocycles. The molecule has 8 nitrogen and oxygen atoms in total. The van der Waals surface area contributed by atoms with E-state index in [9.17, 15) is 23.2 Å². The topological polar surface area (TPSA) is 103 Å². The average molecular weight is 427 g/mol. The Morgan fingerprint density at radius 2 is 1.79 bits per heavy atom. The largest absolute Gasteiger partial charge is 0.485 e. The number of esters is 1. The molecule has 0 radical (unpaired) electrons. The molecular formula is C18H13ClF2N2O6. The van der Waals surface area contributed by atoms with Gasteiger partial charge >= 0.3 is 5.97 Å². The Morgan fingerprint density at radius 1 is 1.10 bits per heavy atom. The summed E-state index contributed by atoms with van der Waals surface area (Å²) in [7, 11) is 0. The summed E-state index contributed by atoms with van der Waals surface area (Å²) >= 11 is 5.65. The number of hydrogen-bond donors (Lipinski definition) is 2. The highest BCUT2D eigenvalue weighted by molar-refractivity contribution is 6.33. The number of benzene rings is 2. The van der Waals surface area contributed by atoms with Gasteiger partial charge in [0.05, 0.1) is 10.6 Å². The molecule has 11 heteroatoms. The van der Waals surface area contributed by atoms with Gasteiger partial charge in [-0.15, -0.1) is 0 Å². The standard InChI is InChI=1S/C18H13ClF2N2O6/c19-10-6-12(21)11(20)5-9(10)18(26)28-8-16(24)22-23-17(25)15-7-27-13-3-1-2-4-14(13)29-15/h1-6,15H,7-8H2,(H,22,24)(H,23,25). The fourth-order valence-corrected chi connectivity index (χ4v) is 2.51. The van der Waals surface area contributed by atoms with Gasteiger partial charge in [-0.1, -0.05) is 23.7 Å². The van der Waals surface area contributed by atoms with E-state index in [4.69, 9.17) is 21.1 Å². The molecule has 0 saturated carbocycles. The van der Waals surface area contributed by atoms with Gasteiger partial charge in [0, 0.05) is 0 Å². The molecule has 2 aromatic rings. The summed E-state index contributed by atoms with van der Waals surface area (Å²) in [6.45, 7) is -0.873. The number of amides is 2. The Balaban J connectivity index is 1.46. The minimum absolute atomic E-state index is 0.0671. The van der Waals surface area contributed by atoms with E-state index in [1.807, 2.05) is 5.43 Å². The molecule has 1 heterocycles. The van der Waals surface area contributed by atoms with Crippen LogP contribution in [0.15, 0.2) is 36.4 Å². The van der Waals surface area contributed by atoms with Gasteiger partial charge in [-0.25, -0.2) is 13.6 Å². The second-order valence-corrected chi connectivity index (χ2v) is 6.13. The van der Waals surface area contributed by atoms with E-state index >= 15 is 0 Å². The fraction of sp³-hybridized carbons (Fsp3) is 0.167. The molecule has 0 bridgehead atoms. The van der Waals surface area contributed by atoms with Crippen molar-refractivity contribution in [3.8, 4) is 11.5 Å². The molecule has 1 atom stereocenters. The highest BCUT2D eigenvalue weighted by Gasteiger charge is 2.27. The number of fused-ring (bicyclic) bond motifs is 1. The number of carbonyl (C=O) groups is 3. The average Bonchev–Trinajstić information content (AvgIpc) is 2.72. The molecule has 29 heavy (non-hydrogen) atoms. The van der Waals surface area contributed by atoms with Crippen LogP contribution in [-0.4, -0.2) is 37.1 Å². The lowest BCUT2D eigenvalue weighted by molar-refractivity contribution is -0.135. The minimum Gasteiger partial charge on any atom is -0.485 e. The van der Waals surface area contributed by atoms with E-state index in [2.05, 4.69) is 10.2 Å². The molecule has 0 fully saturated rings. The zero-order chi connectivity index (χ0) is 21.0. The first kappa shape index (κ1) is 20.3. The van der Waals surface area contributed by atoms with E-state index in [0.29, 0.717) is 23.6 Å². The maximum Gasteiger partial charge on any atom is 0.340 e. The van der Waals surface area contributed by atoms with Gasteiger partial charge in [0.15, 0.2) is 29.7 Å². The summed E-state index contributed by atoms with van der Waals surface area (Å²) < 4.78 is 41.7. The van der Waals surface area contributed by atoms with Crippen molar-refractivity contribution < 1.29 is 37.4 Å². The maximum absolute atomic E-state index is 13.2. The molecule has 0 aliphatic carbocycles. The van der Waals surface area contributed by atoms with Crippen LogP contribution in [-0.2, 0) is 14.3 Å². The maximum atomic E-state index is 13.2. The normalized spacial score (nSPS) is 14.7. The van der Waals surface area contributed by atoms with E-state index in [1.54, 1.807) is 24.3 Å². The van der Waals surface area contributed by atoms with Crippen LogP contribution < -0.4 is 20.3 Å². The molecule has 0 aromatic heterocycles. The van der Waals surface area contributed by atoms with Crippen molar-refractivity contribution in [3.05, 3.63) is 58.6 Å². The van der Waals surface area contributed by atoms with Crippen LogP contribution in [0.3, 0.4) is 0 Å². The first-order chi connectivity index (χ1) is 13.8. The molecule has 3 rings (SSSR count). The van der Waals surface area contributed by atoms with Gasteiger partial charge in [0.25, 0.3) is 11.8 Å². The Hall–Kier alpha value is -3.40. The third-order valence-electron chi connectivity index (χ3n) is 3.69. The first-order valence-electron chi connectivity index (χ1n) is 8.14. The van der Waals surface area contributed by atoms with Crippen molar-refractivity contribution in [1.29, 1.82) is 0 Å². The fourth-order valence-electron chi connectivity index (χ4n) is 2.28. The Labute approximate surface area is 167 Å². The Morgan fingerprint density at radius 3 is 2.55 bits per heavy atom. The van der Waals surface area contributed by atoms with Crippen molar-refractivity contribution in [2.24, 2.45) is 0 Å². The lowest BCUT2D eigenvalue weighted by Crippen LogP contribution is -2.51. The second-order valence-electron chi connectivity index (χ2n) is 5.72. The lowest BCUT2D eigenvalue weighted by Gasteiger charge is -2.25. The highest BCUT2D eigenvalue weighted by atomic mass is 35.5. The highest BCUT2D eigenvalue weighted by Crippen LogP contribution is 2.30. The summed E-state index contributed by atoms with van der Waals surface area (Å²) in [4.78, 5) is 35.6. The summed E-state index contributed by atoms with van der Waals surface area (Å²) in [5, 5.41) is -0.377. The van der Waals surface area contributed by atoms with Gasteiger partial charge in [-0.3, -0.25) is 20.4 Å². The number of nitrogens with one attached hydrogen (secondary N) is 2. The van der Waals surface area contributed by atoms with Gasteiger partial charge < -0.3 is 14.2 Å². The molecule has 2 amide bonds. The third-order valence-corrected chi connectivity index (χ3v) is 4.00. The van der Waals surface area contributed by atoms with Gasteiger partial charge in [-0.2, -0.15) is 0 Å². The molecule has 0 spiro atoms. The van der Waals surface area contributed by atoms with Crippen molar-refractivity contribution >= 4 is 29.4 Å². The van der Waals surface area contributed by atoms with Gasteiger partial charge in [-0.05, 0) is 24.3 Å². The second kappa shape index (κ2) is 8.74. The van der Waals surface area contributed by atoms with Gasteiger partial charge in [0.2, 0.25) is 6.10 Å². The van der Waals surface area contributed by atoms with Crippen molar-refractivity contribution in [3.63, 3.8) is 0 Å². The molecule has 1 unspecified atom stereocenters. The SMILES string of the molecule is O=C(COC(=O)c1cc(F)c(F)cc1Cl)NNC(=O)C1COc2ccccc2O1. The Bertz CT molecular complexity index is 971. The molecule has 152 valence electrons. The molecule has 2 aromatic carbocycles. The number of ether oxygens (including phenoxy) is 3. The van der Waals surface area contributed by atoms with Crippen LogP contribution in [0.1, 0.15) is 10.4 Å².